The zero-order valence-corrected chi connectivity index (χ0v) is 15.0. The van der Waals surface area contributed by atoms with Gasteiger partial charge >= 0.3 is 0 Å². The van der Waals surface area contributed by atoms with Gasteiger partial charge in [-0.1, -0.05) is 30.3 Å². The van der Waals surface area contributed by atoms with Gasteiger partial charge in [0, 0.05) is 18.8 Å². The van der Waals surface area contributed by atoms with Gasteiger partial charge in [0.1, 0.15) is 18.5 Å². The van der Waals surface area contributed by atoms with Crippen molar-refractivity contribution >= 4 is 11.6 Å². The lowest BCUT2D eigenvalue weighted by Crippen LogP contribution is -2.42. The van der Waals surface area contributed by atoms with Gasteiger partial charge in [-0.25, -0.2) is 0 Å². The average Bonchev–Trinajstić information content (AvgIpc) is 2.68. The number of nitrogens with one attached hydrogen (secondary N) is 1. The van der Waals surface area contributed by atoms with Crippen LogP contribution in [0.5, 0.6) is 5.75 Å². The summed E-state index contributed by atoms with van der Waals surface area (Å²) in [5, 5.41) is 3.46. The second-order valence-corrected chi connectivity index (χ2v) is 5.96. The van der Waals surface area contributed by atoms with E-state index in [2.05, 4.69) is 11.9 Å². The van der Waals surface area contributed by atoms with Gasteiger partial charge in [-0.15, -0.1) is 6.58 Å². The first-order chi connectivity index (χ1) is 12.7. The van der Waals surface area contributed by atoms with Crippen molar-refractivity contribution in [3.8, 4) is 5.75 Å². The molecule has 1 atom stereocenters. The quantitative estimate of drug-likeness (QED) is 0.579. The second-order valence-electron chi connectivity index (χ2n) is 5.96. The summed E-state index contributed by atoms with van der Waals surface area (Å²) < 4.78 is 11.1. The minimum atomic E-state index is -0.272. The molecule has 26 heavy (non-hydrogen) atoms. The maximum absolute atomic E-state index is 12.9. The highest BCUT2D eigenvalue weighted by Gasteiger charge is 2.32. The molecule has 5 heteroatoms. The molecule has 136 valence electrons. The van der Waals surface area contributed by atoms with E-state index in [1.165, 1.54) is 0 Å². The van der Waals surface area contributed by atoms with Gasteiger partial charge in [0.25, 0.3) is 5.91 Å². The van der Waals surface area contributed by atoms with Crippen LogP contribution in [0.3, 0.4) is 0 Å². The molecule has 0 saturated heterocycles. The van der Waals surface area contributed by atoms with E-state index in [9.17, 15) is 4.79 Å². The summed E-state index contributed by atoms with van der Waals surface area (Å²) in [6, 6.07) is 15.4. The maximum Gasteiger partial charge on any atom is 0.258 e. The first kappa shape index (κ1) is 18.0. The molecule has 0 aliphatic carbocycles. The van der Waals surface area contributed by atoms with Crippen LogP contribution in [0, 0.1) is 0 Å². The molecule has 3 rings (SSSR count). The lowest BCUT2D eigenvalue weighted by molar-refractivity contribution is 0.0707. The highest BCUT2D eigenvalue weighted by atomic mass is 16.5. The van der Waals surface area contributed by atoms with Gasteiger partial charge in [0.15, 0.2) is 0 Å². The number of benzene rings is 2. The fraction of sp³-hybridized carbons (Fsp3) is 0.286. The maximum atomic E-state index is 12.9. The van der Waals surface area contributed by atoms with Crippen LogP contribution >= 0.6 is 0 Å². The molecule has 1 amide bonds. The van der Waals surface area contributed by atoms with E-state index in [0.29, 0.717) is 31.9 Å². The summed E-state index contributed by atoms with van der Waals surface area (Å²) >= 11 is 0. The first-order valence-electron chi connectivity index (χ1n) is 8.82. The van der Waals surface area contributed by atoms with Crippen molar-refractivity contribution in [3.63, 3.8) is 0 Å². The monoisotopic (exact) mass is 352 g/mol. The second kappa shape index (κ2) is 8.54. The zero-order chi connectivity index (χ0) is 18.4. The highest BCUT2D eigenvalue weighted by molar-refractivity contribution is 6.01. The Balaban J connectivity index is 1.84. The van der Waals surface area contributed by atoms with Crippen molar-refractivity contribution in [2.45, 2.75) is 13.1 Å². The van der Waals surface area contributed by atoms with Gasteiger partial charge < -0.3 is 19.7 Å². The number of hydrogen-bond donors (Lipinski definition) is 1. The van der Waals surface area contributed by atoms with Crippen molar-refractivity contribution in [1.82, 2.24) is 4.90 Å². The summed E-state index contributed by atoms with van der Waals surface area (Å²) in [5.41, 5.74) is 2.48. The average molecular weight is 352 g/mol. The summed E-state index contributed by atoms with van der Waals surface area (Å²) in [4.78, 5) is 14.7. The fourth-order valence-corrected chi connectivity index (χ4v) is 3.02. The Morgan fingerprint density at radius 2 is 2.04 bits per heavy atom. The number of amides is 1. The van der Waals surface area contributed by atoms with Crippen molar-refractivity contribution in [3.05, 3.63) is 72.3 Å². The van der Waals surface area contributed by atoms with Crippen LogP contribution in [0.15, 0.2) is 61.2 Å². The van der Waals surface area contributed by atoms with Crippen molar-refractivity contribution in [2.75, 3.05) is 31.7 Å². The zero-order valence-electron chi connectivity index (χ0n) is 15.0. The number of carbonyl (C=O) groups excluding carboxylic acids is 1. The van der Waals surface area contributed by atoms with Crippen molar-refractivity contribution in [1.29, 1.82) is 0 Å². The predicted octanol–water partition coefficient (Wildman–Crippen LogP) is 3.85. The van der Waals surface area contributed by atoms with Gasteiger partial charge in [-0.3, -0.25) is 4.79 Å². The number of fused-ring (bicyclic) bond motifs is 1. The molecule has 0 spiro atoms. The third kappa shape index (κ3) is 3.89. The molecule has 1 N–H and O–H groups in total. The van der Waals surface area contributed by atoms with E-state index < -0.39 is 0 Å². The summed E-state index contributed by atoms with van der Waals surface area (Å²) in [6.45, 7) is 7.92. The van der Waals surface area contributed by atoms with Crippen LogP contribution in [0.25, 0.3) is 0 Å². The van der Waals surface area contributed by atoms with Gasteiger partial charge in [-0.05, 0) is 36.8 Å². The predicted molar refractivity (Wildman–Crippen MR) is 102 cm³/mol. The number of hydrogen-bond acceptors (Lipinski definition) is 4. The lowest BCUT2D eigenvalue weighted by Gasteiger charge is -2.37. The summed E-state index contributed by atoms with van der Waals surface area (Å²) in [5.74, 6) is 0.751. The Kier molecular flexibility index (Phi) is 5.92. The first-order valence-corrected chi connectivity index (χ1v) is 8.82. The van der Waals surface area contributed by atoms with E-state index in [4.69, 9.17) is 9.47 Å². The smallest absolute Gasteiger partial charge is 0.258 e. The molecule has 0 bridgehead atoms. The van der Waals surface area contributed by atoms with E-state index >= 15 is 0 Å². The molecular weight excluding hydrogens is 328 g/mol. The van der Waals surface area contributed by atoms with Crippen LogP contribution in [-0.2, 0) is 4.74 Å². The van der Waals surface area contributed by atoms with E-state index in [-0.39, 0.29) is 12.1 Å². The lowest BCUT2D eigenvalue weighted by atomic mass is 10.0. The van der Waals surface area contributed by atoms with Gasteiger partial charge in [0.05, 0.1) is 12.2 Å². The van der Waals surface area contributed by atoms with Crippen LogP contribution < -0.4 is 10.1 Å². The molecule has 5 nitrogen and oxygen atoms in total. The Hall–Kier alpha value is -2.79. The molecule has 0 saturated carbocycles. The van der Waals surface area contributed by atoms with Crippen molar-refractivity contribution < 1.29 is 14.3 Å². The van der Waals surface area contributed by atoms with Crippen LogP contribution in [0.4, 0.5) is 5.69 Å². The Morgan fingerprint density at radius 3 is 2.85 bits per heavy atom. The third-order valence-corrected chi connectivity index (χ3v) is 4.22. The third-order valence-electron chi connectivity index (χ3n) is 4.22. The SMILES string of the molecule is C=CCN1C(=O)c2ccccc2NC1c1cccc(OCCOCC)c1. The number of nitrogens with zero attached hydrogens (tertiary/aromatic N) is 1. The Morgan fingerprint density at radius 1 is 1.19 bits per heavy atom. The molecule has 0 fully saturated rings. The van der Waals surface area contributed by atoms with Crippen LogP contribution in [0.2, 0.25) is 0 Å². The summed E-state index contributed by atoms with van der Waals surface area (Å²) in [6.07, 6.45) is 1.47. The van der Waals surface area contributed by atoms with Gasteiger partial charge in [0.2, 0.25) is 0 Å². The normalized spacial score (nSPS) is 16.0. The molecule has 0 radical (unpaired) electrons. The number of rotatable bonds is 8. The number of ether oxygens (including phenoxy) is 2. The molecule has 2 aromatic rings. The number of carbonyl (C=O) groups is 1. The standard InChI is InChI=1S/C21H24N2O3/c1-3-12-23-20(22-19-11-6-5-10-18(19)21(23)24)16-8-7-9-17(15-16)26-14-13-25-4-2/h3,5-11,15,20,22H,1,4,12-14H2,2H3. The van der Waals surface area contributed by atoms with Crippen LogP contribution in [-0.4, -0.2) is 37.2 Å². The molecule has 1 unspecified atom stereocenters. The minimum Gasteiger partial charge on any atom is -0.491 e. The van der Waals surface area contributed by atoms with Crippen LogP contribution in [0.1, 0.15) is 29.0 Å². The molecular formula is C21H24N2O3. The topological polar surface area (TPSA) is 50.8 Å². The van der Waals surface area contributed by atoms with E-state index in [0.717, 1.165) is 17.0 Å². The Bertz CT molecular complexity index is 775. The number of para-hydroxylation sites is 1. The molecule has 1 aliphatic rings. The fourth-order valence-electron chi connectivity index (χ4n) is 3.02. The molecule has 1 aliphatic heterocycles. The summed E-state index contributed by atoms with van der Waals surface area (Å²) in [7, 11) is 0. The molecule has 2 aromatic carbocycles. The Labute approximate surface area is 154 Å². The molecule has 1 heterocycles. The minimum absolute atomic E-state index is 0.00748. The van der Waals surface area contributed by atoms with E-state index in [1.54, 1.807) is 11.0 Å². The molecule has 0 aromatic heterocycles. The van der Waals surface area contributed by atoms with E-state index in [1.807, 2.05) is 55.5 Å². The van der Waals surface area contributed by atoms with Gasteiger partial charge in [-0.2, -0.15) is 0 Å². The van der Waals surface area contributed by atoms with Crippen molar-refractivity contribution in [2.24, 2.45) is 0 Å². The largest absolute Gasteiger partial charge is 0.491 e. The highest BCUT2D eigenvalue weighted by Crippen LogP contribution is 2.33. The number of anilines is 1.